The van der Waals surface area contributed by atoms with Gasteiger partial charge in [-0.1, -0.05) is 34.1 Å². The third-order valence-corrected chi connectivity index (χ3v) is 5.35. The molecule has 102 valence electrons. The molecule has 0 radical (unpaired) electrons. The number of rotatable bonds is 1. The summed E-state index contributed by atoms with van der Waals surface area (Å²) in [6.45, 7) is 4.08. The number of halogens is 1. The fraction of sp³-hybridized carbons (Fsp3) is 0.562. The molecule has 19 heavy (non-hydrogen) atoms. The molecule has 3 heteroatoms. The molecule has 1 aromatic rings. The van der Waals surface area contributed by atoms with Crippen molar-refractivity contribution in [3.8, 4) is 0 Å². The Hall–Kier alpha value is -0.830. The van der Waals surface area contributed by atoms with Gasteiger partial charge in [-0.15, -0.1) is 0 Å². The van der Waals surface area contributed by atoms with Crippen LogP contribution < -0.4 is 0 Å². The Kier molecular flexibility index (Phi) is 3.42. The molecule has 2 aliphatic heterocycles. The fourth-order valence-electron chi connectivity index (χ4n) is 3.72. The van der Waals surface area contributed by atoms with Crippen molar-refractivity contribution < 1.29 is 4.79 Å². The van der Waals surface area contributed by atoms with Gasteiger partial charge < -0.3 is 4.90 Å². The molecule has 0 aromatic heterocycles. The third-order valence-electron chi connectivity index (χ3n) is 4.61. The van der Waals surface area contributed by atoms with Crippen molar-refractivity contribution in [3.63, 3.8) is 0 Å². The molecular weight excluding hydrogens is 302 g/mol. The maximum atomic E-state index is 12.9. The molecule has 2 heterocycles. The van der Waals surface area contributed by atoms with Crippen LogP contribution in [0.2, 0.25) is 0 Å². The Morgan fingerprint density at radius 1 is 1.16 bits per heavy atom. The molecular formula is C16H20BrNO. The Morgan fingerprint density at radius 3 is 2.21 bits per heavy atom. The minimum atomic E-state index is 0.252. The van der Waals surface area contributed by atoms with Crippen LogP contribution in [-0.4, -0.2) is 27.7 Å². The van der Waals surface area contributed by atoms with E-state index in [0.29, 0.717) is 16.9 Å². The minimum Gasteiger partial charge on any atom is -0.333 e. The van der Waals surface area contributed by atoms with Crippen molar-refractivity contribution in [2.24, 2.45) is 0 Å². The second kappa shape index (κ2) is 4.93. The van der Waals surface area contributed by atoms with Crippen molar-refractivity contribution in [2.75, 3.05) is 0 Å². The van der Waals surface area contributed by atoms with Crippen LogP contribution in [0.1, 0.15) is 47.2 Å². The zero-order valence-electron chi connectivity index (χ0n) is 11.5. The summed E-state index contributed by atoms with van der Waals surface area (Å²) in [6, 6.07) is 6.99. The van der Waals surface area contributed by atoms with Crippen LogP contribution in [-0.2, 0) is 0 Å². The number of carbonyl (C=O) groups is 1. The van der Waals surface area contributed by atoms with E-state index in [1.165, 1.54) is 12.8 Å². The van der Waals surface area contributed by atoms with Gasteiger partial charge >= 0.3 is 0 Å². The van der Waals surface area contributed by atoms with Gasteiger partial charge in [-0.25, -0.2) is 0 Å². The van der Waals surface area contributed by atoms with Gasteiger partial charge in [-0.05, 0) is 50.7 Å². The lowest BCUT2D eigenvalue weighted by atomic mass is 9.97. The molecule has 1 amide bonds. The maximum Gasteiger partial charge on any atom is 0.254 e. The second-order valence-corrected chi connectivity index (χ2v) is 7.23. The van der Waals surface area contributed by atoms with Gasteiger partial charge in [0.15, 0.2) is 0 Å². The highest BCUT2D eigenvalue weighted by molar-refractivity contribution is 9.09. The molecule has 0 N–H and O–H groups in total. The standard InChI is InChI=1S/C16H20BrNO/c1-10-4-3-5-11(2)15(10)16(19)18-13-6-7-14(18)9-12(17)8-13/h3-5,12-14H,6-9H2,1-2H3. The lowest BCUT2D eigenvalue weighted by Gasteiger charge is -2.37. The number of benzene rings is 1. The first-order valence-corrected chi connectivity index (χ1v) is 8.02. The summed E-state index contributed by atoms with van der Waals surface area (Å²) < 4.78 is 0. The number of hydrogen-bond acceptors (Lipinski definition) is 1. The van der Waals surface area contributed by atoms with Gasteiger partial charge in [0, 0.05) is 22.5 Å². The Morgan fingerprint density at radius 2 is 1.68 bits per heavy atom. The third kappa shape index (κ3) is 2.22. The van der Waals surface area contributed by atoms with Gasteiger partial charge in [0.25, 0.3) is 5.91 Å². The molecule has 0 aliphatic carbocycles. The predicted molar refractivity (Wildman–Crippen MR) is 80.8 cm³/mol. The number of fused-ring (bicyclic) bond motifs is 2. The molecule has 2 nitrogen and oxygen atoms in total. The average molecular weight is 322 g/mol. The van der Waals surface area contributed by atoms with Crippen molar-refractivity contribution in [3.05, 3.63) is 34.9 Å². The van der Waals surface area contributed by atoms with Gasteiger partial charge in [0.05, 0.1) is 0 Å². The Balaban J connectivity index is 1.93. The normalized spacial score (nSPS) is 29.6. The van der Waals surface area contributed by atoms with Gasteiger partial charge in [-0.3, -0.25) is 4.79 Å². The van der Waals surface area contributed by atoms with Crippen molar-refractivity contribution in [1.29, 1.82) is 0 Å². The van der Waals surface area contributed by atoms with E-state index in [1.807, 2.05) is 32.0 Å². The van der Waals surface area contributed by atoms with Crippen LogP contribution in [0.5, 0.6) is 0 Å². The second-order valence-electron chi connectivity index (χ2n) is 5.93. The van der Waals surface area contributed by atoms with Gasteiger partial charge in [-0.2, -0.15) is 0 Å². The molecule has 0 saturated carbocycles. The summed E-state index contributed by atoms with van der Waals surface area (Å²) >= 11 is 3.73. The molecule has 2 aliphatic rings. The van der Waals surface area contributed by atoms with E-state index in [4.69, 9.17) is 0 Å². The molecule has 1 aromatic carbocycles. The summed E-state index contributed by atoms with van der Waals surface area (Å²) in [7, 11) is 0. The van der Waals surface area contributed by atoms with E-state index in [-0.39, 0.29) is 5.91 Å². The monoisotopic (exact) mass is 321 g/mol. The topological polar surface area (TPSA) is 20.3 Å². The number of piperidine rings is 1. The zero-order valence-corrected chi connectivity index (χ0v) is 13.1. The highest BCUT2D eigenvalue weighted by atomic mass is 79.9. The smallest absolute Gasteiger partial charge is 0.254 e. The van der Waals surface area contributed by atoms with E-state index in [0.717, 1.165) is 29.5 Å². The van der Waals surface area contributed by atoms with E-state index >= 15 is 0 Å². The first-order chi connectivity index (χ1) is 9.08. The number of alkyl halides is 1. The molecule has 2 saturated heterocycles. The lowest BCUT2D eigenvalue weighted by Crippen LogP contribution is -2.47. The summed E-state index contributed by atoms with van der Waals surface area (Å²) in [4.78, 5) is 15.7. The van der Waals surface area contributed by atoms with E-state index in [9.17, 15) is 4.79 Å². The quantitative estimate of drug-likeness (QED) is 0.720. The van der Waals surface area contributed by atoms with Crippen molar-refractivity contribution in [2.45, 2.75) is 56.4 Å². The number of amides is 1. The minimum absolute atomic E-state index is 0.252. The van der Waals surface area contributed by atoms with E-state index < -0.39 is 0 Å². The van der Waals surface area contributed by atoms with Crippen LogP contribution >= 0.6 is 15.9 Å². The summed E-state index contributed by atoms with van der Waals surface area (Å²) in [5, 5.41) is 0. The van der Waals surface area contributed by atoms with E-state index in [1.54, 1.807) is 0 Å². The molecule has 2 bridgehead atoms. The summed E-state index contributed by atoms with van der Waals surface area (Å²) in [5.41, 5.74) is 3.13. The Labute approximate surface area is 123 Å². The van der Waals surface area contributed by atoms with Crippen molar-refractivity contribution >= 4 is 21.8 Å². The first kappa shape index (κ1) is 13.2. The van der Waals surface area contributed by atoms with Gasteiger partial charge in [0.1, 0.15) is 0 Å². The zero-order chi connectivity index (χ0) is 13.6. The number of aryl methyl sites for hydroxylation is 2. The average Bonchev–Trinajstić information content (AvgIpc) is 2.61. The maximum absolute atomic E-state index is 12.9. The summed E-state index contributed by atoms with van der Waals surface area (Å²) in [5.74, 6) is 0.252. The molecule has 0 spiro atoms. The summed E-state index contributed by atoms with van der Waals surface area (Å²) in [6.07, 6.45) is 4.55. The Bertz CT molecular complexity index is 479. The van der Waals surface area contributed by atoms with Crippen molar-refractivity contribution in [1.82, 2.24) is 4.90 Å². The van der Waals surface area contributed by atoms with E-state index in [2.05, 4.69) is 20.8 Å². The van der Waals surface area contributed by atoms with Crippen LogP contribution in [0.15, 0.2) is 18.2 Å². The fourth-order valence-corrected chi connectivity index (χ4v) is 4.59. The molecule has 2 fully saturated rings. The predicted octanol–water partition coefficient (Wildman–Crippen LogP) is 3.83. The van der Waals surface area contributed by atoms with Gasteiger partial charge in [0.2, 0.25) is 0 Å². The number of hydrogen-bond donors (Lipinski definition) is 0. The SMILES string of the molecule is Cc1cccc(C)c1C(=O)N1C2CCC1CC(Br)C2. The van der Waals surface area contributed by atoms with Crippen LogP contribution in [0.25, 0.3) is 0 Å². The van der Waals surface area contributed by atoms with Crippen LogP contribution in [0, 0.1) is 13.8 Å². The van der Waals surface area contributed by atoms with Crippen LogP contribution in [0.4, 0.5) is 0 Å². The highest BCUT2D eigenvalue weighted by Gasteiger charge is 2.43. The first-order valence-electron chi connectivity index (χ1n) is 7.11. The molecule has 2 unspecified atom stereocenters. The lowest BCUT2D eigenvalue weighted by molar-refractivity contribution is 0.0602. The van der Waals surface area contributed by atoms with Crippen LogP contribution in [0.3, 0.4) is 0 Å². The molecule has 2 atom stereocenters. The number of nitrogens with zero attached hydrogens (tertiary/aromatic N) is 1. The molecule has 3 rings (SSSR count). The number of carbonyl (C=O) groups excluding carboxylic acids is 1. The largest absolute Gasteiger partial charge is 0.333 e. The highest BCUT2D eigenvalue weighted by Crippen LogP contribution is 2.39.